The zero-order valence-corrected chi connectivity index (χ0v) is 27.0. The van der Waals surface area contributed by atoms with E-state index in [1.165, 1.54) is 80.2 Å². The molecule has 0 N–H and O–H groups in total. The average Bonchev–Trinajstić information content (AvgIpc) is 3.49. The highest BCUT2D eigenvalue weighted by atomic mass is 32.1. The van der Waals surface area contributed by atoms with Gasteiger partial charge in [-0.05, 0) is 67.6 Å². The molecule has 2 heteroatoms. The average molecular weight is 608 g/mol. The lowest BCUT2D eigenvalue weighted by molar-refractivity contribution is 0.590. The summed E-state index contributed by atoms with van der Waals surface area (Å²) in [6, 6.07) is 53.9. The van der Waals surface area contributed by atoms with E-state index in [4.69, 9.17) is 0 Å². The molecule has 9 rings (SSSR count). The minimum atomic E-state index is 0.0760. The molecule has 0 atom stereocenters. The molecule has 0 bridgehead atoms. The van der Waals surface area contributed by atoms with Gasteiger partial charge in [0.05, 0.1) is 16.1 Å². The van der Waals surface area contributed by atoms with Crippen LogP contribution in [-0.4, -0.2) is 0 Å². The van der Waals surface area contributed by atoms with E-state index in [9.17, 15) is 0 Å². The fourth-order valence-corrected chi connectivity index (χ4v) is 8.69. The van der Waals surface area contributed by atoms with E-state index >= 15 is 0 Å². The largest absolute Gasteiger partial charge is 0.308 e. The summed E-state index contributed by atoms with van der Waals surface area (Å²) in [4.78, 5) is 2.50. The van der Waals surface area contributed by atoms with E-state index in [2.05, 4.69) is 171 Å². The number of rotatable bonds is 3. The van der Waals surface area contributed by atoms with E-state index in [1.807, 2.05) is 11.3 Å². The Kier molecular flexibility index (Phi) is 6.00. The summed E-state index contributed by atoms with van der Waals surface area (Å²) < 4.78 is 2.65. The first-order valence-corrected chi connectivity index (χ1v) is 16.8. The van der Waals surface area contributed by atoms with Crippen LogP contribution in [0.25, 0.3) is 63.3 Å². The molecule has 1 heterocycles. The summed E-state index contributed by atoms with van der Waals surface area (Å²) in [5, 5.41) is 13.0. The minimum absolute atomic E-state index is 0.0760. The molecular weight excluding hydrogens is 575 g/mol. The van der Waals surface area contributed by atoms with Gasteiger partial charge >= 0.3 is 0 Å². The van der Waals surface area contributed by atoms with Crippen molar-refractivity contribution in [2.24, 2.45) is 0 Å². The van der Waals surface area contributed by atoms with E-state index in [0.29, 0.717) is 0 Å². The summed E-state index contributed by atoms with van der Waals surface area (Å²) in [5.74, 6) is 0. The number of nitrogens with zero attached hydrogens (tertiary/aromatic N) is 1. The van der Waals surface area contributed by atoms with Crippen LogP contribution in [0.15, 0.2) is 146 Å². The molecule has 46 heavy (non-hydrogen) atoms. The van der Waals surface area contributed by atoms with Gasteiger partial charge < -0.3 is 4.90 Å². The smallest absolute Gasteiger partial charge is 0.0640 e. The summed E-state index contributed by atoms with van der Waals surface area (Å²) >= 11 is 1.93. The molecule has 1 aromatic heterocycles. The second-order valence-corrected chi connectivity index (χ2v) is 14.4. The first-order chi connectivity index (χ1) is 22.5. The van der Waals surface area contributed by atoms with Crippen molar-refractivity contribution in [2.45, 2.75) is 26.2 Å². The molecule has 1 nitrogen and oxygen atoms in total. The molecule has 0 spiro atoms. The highest BCUT2D eigenvalue weighted by Gasteiger charge is 2.23. The molecule has 8 aromatic carbocycles. The van der Waals surface area contributed by atoms with Crippen LogP contribution in [0.5, 0.6) is 0 Å². The topological polar surface area (TPSA) is 3.24 Å². The Balaban J connectivity index is 1.41. The Morgan fingerprint density at radius 1 is 0.435 bits per heavy atom. The number of anilines is 3. The molecular formula is C44H33NS. The Bertz CT molecular complexity index is 2620. The van der Waals surface area contributed by atoms with E-state index in [1.54, 1.807) is 0 Å². The van der Waals surface area contributed by atoms with Gasteiger partial charge in [-0.15, -0.1) is 11.3 Å². The number of benzene rings is 8. The van der Waals surface area contributed by atoms with Crippen molar-refractivity contribution >= 4 is 91.7 Å². The monoisotopic (exact) mass is 607 g/mol. The molecule has 0 aliphatic heterocycles. The third kappa shape index (κ3) is 4.07. The lowest BCUT2D eigenvalue weighted by Crippen LogP contribution is -2.13. The molecule has 9 aromatic rings. The number of hydrogen-bond acceptors (Lipinski definition) is 2. The van der Waals surface area contributed by atoms with Gasteiger partial charge in [0.15, 0.2) is 0 Å². The van der Waals surface area contributed by atoms with Crippen molar-refractivity contribution in [1.82, 2.24) is 0 Å². The minimum Gasteiger partial charge on any atom is -0.308 e. The van der Waals surface area contributed by atoms with Gasteiger partial charge in [-0.3, -0.25) is 0 Å². The quantitative estimate of drug-likeness (QED) is 0.181. The maximum absolute atomic E-state index is 2.50. The van der Waals surface area contributed by atoms with Crippen LogP contribution >= 0.6 is 11.3 Å². The van der Waals surface area contributed by atoms with Crippen molar-refractivity contribution in [3.8, 4) is 0 Å². The third-order valence-electron chi connectivity index (χ3n) is 9.57. The van der Waals surface area contributed by atoms with Crippen molar-refractivity contribution in [2.75, 3.05) is 4.90 Å². The lowest BCUT2D eigenvalue weighted by atomic mass is 9.87. The standard InChI is InChI=1S/C44H33NS/c1-44(2,3)29-23-25-30(26-24-29)45(40-27-28-13-4-5-14-31(28)32-15-6-9-18-35(32)40)39-22-12-21-38-41-36-19-10-7-16-33(36)34-17-8-11-20-37(34)43(41)46-42(38)39/h4-27H,1-3H3. The second kappa shape index (κ2) is 10.2. The predicted octanol–water partition coefficient (Wildman–Crippen LogP) is 13.4. The zero-order valence-electron chi connectivity index (χ0n) is 26.2. The number of fused-ring (bicyclic) bond motifs is 11. The molecule has 0 radical (unpaired) electrons. The molecule has 220 valence electrons. The third-order valence-corrected chi connectivity index (χ3v) is 10.8. The lowest BCUT2D eigenvalue weighted by Gasteiger charge is -2.29. The fraction of sp³-hybridized carbons (Fsp3) is 0.0909. The van der Waals surface area contributed by atoms with Gasteiger partial charge in [-0.25, -0.2) is 0 Å². The van der Waals surface area contributed by atoms with Crippen LogP contribution in [0, 0.1) is 0 Å². The second-order valence-electron chi connectivity index (χ2n) is 13.3. The van der Waals surface area contributed by atoms with E-state index in [-0.39, 0.29) is 5.41 Å². The van der Waals surface area contributed by atoms with Crippen LogP contribution in [0.4, 0.5) is 17.1 Å². The normalized spacial score (nSPS) is 12.2. The Labute approximate surface area is 272 Å². The zero-order chi connectivity index (χ0) is 31.0. The van der Waals surface area contributed by atoms with Crippen molar-refractivity contribution in [3.63, 3.8) is 0 Å². The highest BCUT2D eigenvalue weighted by Crippen LogP contribution is 2.50. The molecule has 0 unspecified atom stereocenters. The molecule has 0 fully saturated rings. The number of hydrogen-bond donors (Lipinski definition) is 0. The first kappa shape index (κ1) is 27.2. The van der Waals surface area contributed by atoms with Crippen molar-refractivity contribution in [1.29, 1.82) is 0 Å². The summed E-state index contributed by atoms with van der Waals surface area (Å²) in [6.07, 6.45) is 0. The highest BCUT2D eigenvalue weighted by molar-refractivity contribution is 7.27. The Hall–Kier alpha value is -5.18. The molecule has 0 aliphatic carbocycles. The molecule has 0 amide bonds. The predicted molar refractivity (Wildman–Crippen MR) is 203 cm³/mol. The SMILES string of the molecule is CC(C)(C)c1ccc(N(c2cc3ccccc3c3ccccc23)c2cccc3c2sc2c4ccccc4c4ccccc4c32)cc1. The van der Waals surface area contributed by atoms with E-state index in [0.717, 1.165) is 5.69 Å². The van der Waals surface area contributed by atoms with Gasteiger partial charge in [-0.2, -0.15) is 0 Å². The summed E-state index contributed by atoms with van der Waals surface area (Å²) in [5.41, 5.74) is 4.96. The molecule has 0 saturated carbocycles. The Morgan fingerprint density at radius 2 is 0.978 bits per heavy atom. The van der Waals surface area contributed by atoms with Crippen molar-refractivity contribution < 1.29 is 0 Å². The summed E-state index contributed by atoms with van der Waals surface area (Å²) in [7, 11) is 0. The maximum Gasteiger partial charge on any atom is 0.0640 e. The van der Waals surface area contributed by atoms with Gasteiger partial charge in [0, 0.05) is 31.9 Å². The van der Waals surface area contributed by atoms with Crippen molar-refractivity contribution in [3.05, 3.63) is 151 Å². The fourth-order valence-electron chi connectivity index (χ4n) is 7.33. The van der Waals surface area contributed by atoms with E-state index < -0.39 is 0 Å². The number of thiophene rings is 1. The molecule has 0 saturated heterocycles. The Morgan fingerprint density at radius 3 is 1.67 bits per heavy atom. The van der Waals surface area contributed by atoms with Crippen LogP contribution in [0.1, 0.15) is 26.3 Å². The maximum atomic E-state index is 2.50. The first-order valence-electron chi connectivity index (χ1n) is 16.0. The van der Waals surface area contributed by atoms with Gasteiger partial charge in [-0.1, -0.05) is 142 Å². The van der Waals surface area contributed by atoms with Crippen LogP contribution in [0.3, 0.4) is 0 Å². The van der Waals surface area contributed by atoms with Crippen LogP contribution in [-0.2, 0) is 5.41 Å². The van der Waals surface area contributed by atoms with Gasteiger partial charge in [0.25, 0.3) is 0 Å². The summed E-state index contributed by atoms with van der Waals surface area (Å²) in [6.45, 7) is 6.84. The van der Waals surface area contributed by atoms with Crippen LogP contribution in [0.2, 0.25) is 0 Å². The van der Waals surface area contributed by atoms with Gasteiger partial charge in [0.2, 0.25) is 0 Å². The molecule has 0 aliphatic rings. The van der Waals surface area contributed by atoms with Gasteiger partial charge in [0.1, 0.15) is 0 Å². The van der Waals surface area contributed by atoms with Crippen LogP contribution < -0.4 is 4.90 Å².